The molecule has 5 heteroatoms. The van der Waals surface area contributed by atoms with Crippen LogP contribution in [0, 0.1) is 19.8 Å². The zero-order valence-corrected chi connectivity index (χ0v) is 16.2. The van der Waals surface area contributed by atoms with Crippen molar-refractivity contribution in [1.29, 1.82) is 0 Å². The quantitative estimate of drug-likeness (QED) is 0.661. The van der Waals surface area contributed by atoms with E-state index in [1.165, 1.54) is 30.4 Å². The molecule has 1 fully saturated rings. The zero-order chi connectivity index (χ0) is 18.4. The van der Waals surface area contributed by atoms with Gasteiger partial charge in [-0.25, -0.2) is 0 Å². The number of hydrogen-bond donors (Lipinski definition) is 1. The first-order valence-electron chi connectivity index (χ1n) is 9.58. The lowest BCUT2D eigenvalue weighted by Gasteiger charge is -2.34. The molecule has 5 nitrogen and oxygen atoms in total. The highest BCUT2D eigenvalue weighted by Crippen LogP contribution is 2.21. The number of likely N-dealkylation sites (tertiary alicyclic amines) is 1. The first-order valence-corrected chi connectivity index (χ1v) is 9.58. The number of rotatable bonds is 5. The SMILES string of the molecule is CN=C(NCCc1c(C)noc1C)N1CCC(Cc2ccccc2)CC1. The number of aryl methyl sites for hydroxylation is 2. The van der Waals surface area contributed by atoms with E-state index in [-0.39, 0.29) is 0 Å². The van der Waals surface area contributed by atoms with E-state index < -0.39 is 0 Å². The van der Waals surface area contributed by atoms with Crippen molar-refractivity contribution >= 4 is 5.96 Å². The molecular weight excluding hydrogens is 324 g/mol. The van der Waals surface area contributed by atoms with Gasteiger partial charge in [0.25, 0.3) is 0 Å². The summed E-state index contributed by atoms with van der Waals surface area (Å²) in [7, 11) is 1.87. The Morgan fingerprint density at radius 1 is 1.23 bits per heavy atom. The number of nitrogens with zero attached hydrogens (tertiary/aromatic N) is 3. The molecular formula is C21H30N4O. The number of piperidine rings is 1. The lowest BCUT2D eigenvalue weighted by atomic mass is 9.90. The molecule has 1 aromatic carbocycles. The second-order valence-corrected chi connectivity index (χ2v) is 7.15. The van der Waals surface area contributed by atoms with Crippen molar-refractivity contribution in [1.82, 2.24) is 15.4 Å². The number of aromatic nitrogens is 1. The number of hydrogen-bond acceptors (Lipinski definition) is 3. The van der Waals surface area contributed by atoms with Gasteiger partial charge >= 0.3 is 0 Å². The molecule has 0 spiro atoms. The normalized spacial score (nSPS) is 16.1. The molecule has 1 saturated heterocycles. The van der Waals surface area contributed by atoms with Gasteiger partial charge in [0.15, 0.2) is 5.96 Å². The highest BCUT2D eigenvalue weighted by atomic mass is 16.5. The van der Waals surface area contributed by atoms with Crippen LogP contribution in [-0.2, 0) is 12.8 Å². The van der Waals surface area contributed by atoms with E-state index >= 15 is 0 Å². The summed E-state index contributed by atoms with van der Waals surface area (Å²) in [6.07, 6.45) is 4.54. The molecule has 26 heavy (non-hydrogen) atoms. The van der Waals surface area contributed by atoms with Gasteiger partial charge in [0.05, 0.1) is 5.69 Å². The lowest BCUT2D eigenvalue weighted by Crippen LogP contribution is -2.46. The summed E-state index contributed by atoms with van der Waals surface area (Å²) >= 11 is 0. The summed E-state index contributed by atoms with van der Waals surface area (Å²) in [6, 6.07) is 10.8. The van der Waals surface area contributed by atoms with Crippen LogP contribution in [0.2, 0.25) is 0 Å². The summed E-state index contributed by atoms with van der Waals surface area (Å²) in [4.78, 5) is 6.86. The van der Waals surface area contributed by atoms with Crippen LogP contribution < -0.4 is 5.32 Å². The molecule has 1 aliphatic rings. The maximum absolute atomic E-state index is 5.24. The second-order valence-electron chi connectivity index (χ2n) is 7.15. The van der Waals surface area contributed by atoms with Crippen molar-refractivity contribution in [3.63, 3.8) is 0 Å². The van der Waals surface area contributed by atoms with Crippen LogP contribution in [0.1, 0.15) is 35.4 Å². The van der Waals surface area contributed by atoms with E-state index in [0.717, 1.165) is 49.4 Å². The fourth-order valence-electron chi connectivity index (χ4n) is 3.79. The van der Waals surface area contributed by atoms with Crippen LogP contribution in [-0.4, -0.2) is 42.7 Å². The van der Waals surface area contributed by atoms with Gasteiger partial charge in [-0.3, -0.25) is 4.99 Å². The largest absolute Gasteiger partial charge is 0.361 e. The molecule has 0 saturated carbocycles. The summed E-state index contributed by atoms with van der Waals surface area (Å²) < 4.78 is 5.24. The predicted molar refractivity (Wildman–Crippen MR) is 105 cm³/mol. The molecule has 2 aromatic rings. The Balaban J connectivity index is 1.45. The zero-order valence-electron chi connectivity index (χ0n) is 16.2. The molecule has 0 aliphatic carbocycles. The standard InChI is InChI=1S/C21H30N4O/c1-16-20(17(2)26-24-16)9-12-23-21(22-3)25-13-10-19(11-14-25)15-18-7-5-4-6-8-18/h4-8,19H,9-15H2,1-3H3,(H,22,23). The van der Waals surface area contributed by atoms with Gasteiger partial charge in [-0.2, -0.15) is 0 Å². The number of benzene rings is 1. The number of nitrogens with one attached hydrogen (secondary N) is 1. The Labute approximate surface area is 156 Å². The maximum Gasteiger partial charge on any atom is 0.193 e. The van der Waals surface area contributed by atoms with Crippen LogP contribution in [0.15, 0.2) is 39.8 Å². The molecule has 3 rings (SSSR count). The Kier molecular flexibility index (Phi) is 6.31. The summed E-state index contributed by atoms with van der Waals surface area (Å²) in [5.74, 6) is 2.70. The third-order valence-electron chi connectivity index (χ3n) is 5.33. The Morgan fingerprint density at radius 2 is 1.96 bits per heavy atom. The van der Waals surface area contributed by atoms with E-state index in [9.17, 15) is 0 Å². The average molecular weight is 354 g/mol. The van der Waals surface area contributed by atoms with Crippen LogP contribution in [0.5, 0.6) is 0 Å². The van der Waals surface area contributed by atoms with Crippen LogP contribution in [0.25, 0.3) is 0 Å². The minimum atomic E-state index is 0.772. The second kappa shape index (κ2) is 8.88. The molecule has 1 aromatic heterocycles. The van der Waals surface area contributed by atoms with Crippen molar-refractivity contribution in [3.05, 3.63) is 52.9 Å². The maximum atomic E-state index is 5.24. The van der Waals surface area contributed by atoms with E-state index in [0.29, 0.717) is 0 Å². The Hall–Kier alpha value is -2.30. The van der Waals surface area contributed by atoms with Crippen molar-refractivity contribution < 1.29 is 4.52 Å². The lowest BCUT2D eigenvalue weighted by molar-refractivity contribution is 0.259. The number of aliphatic imine (C=N–C) groups is 1. The molecule has 1 aliphatic heterocycles. The first-order chi connectivity index (χ1) is 12.7. The van der Waals surface area contributed by atoms with Crippen molar-refractivity contribution in [2.75, 3.05) is 26.7 Å². The van der Waals surface area contributed by atoms with Gasteiger partial charge < -0.3 is 14.7 Å². The highest BCUT2D eigenvalue weighted by Gasteiger charge is 2.21. The average Bonchev–Trinajstić information content (AvgIpc) is 2.99. The molecule has 0 radical (unpaired) electrons. The summed E-state index contributed by atoms with van der Waals surface area (Å²) in [5.41, 5.74) is 3.64. The van der Waals surface area contributed by atoms with E-state index in [2.05, 4.69) is 50.7 Å². The fourth-order valence-corrected chi connectivity index (χ4v) is 3.79. The monoisotopic (exact) mass is 354 g/mol. The highest BCUT2D eigenvalue weighted by molar-refractivity contribution is 5.79. The van der Waals surface area contributed by atoms with Crippen LogP contribution in [0.4, 0.5) is 0 Å². The molecule has 0 amide bonds. The fraction of sp³-hybridized carbons (Fsp3) is 0.524. The van der Waals surface area contributed by atoms with Crippen molar-refractivity contribution in [2.45, 2.75) is 39.5 Å². The summed E-state index contributed by atoms with van der Waals surface area (Å²) in [6.45, 7) is 6.96. The molecule has 2 heterocycles. The van der Waals surface area contributed by atoms with Gasteiger partial charge in [0, 0.05) is 32.2 Å². The Morgan fingerprint density at radius 3 is 2.58 bits per heavy atom. The van der Waals surface area contributed by atoms with Crippen molar-refractivity contribution in [2.24, 2.45) is 10.9 Å². The van der Waals surface area contributed by atoms with E-state index in [1.807, 2.05) is 20.9 Å². The number of guanidine groups is 1. The van der Waals surface area contributed by atoms with Crippen LogP contribution in [0.3, 0.4) is 0 Å². The van der Waals surface area contributed by atoms with Gasteiger partial charge in [-0.15, -0.1) is 0 Å². The van der Waals surface area contributed by atoms with Gasteiger partial charge in [-0.1, -0.05) is 35.5 Å². The predicted octanol–water partition coefficient (Wildman–Crippen LogP) is 3.36. The molecule has 0 bridgehead atoms. The topological polar surface area (TPSA) is 53.7 Å². The smallest absolute Gasteiger partial charge is 0.193 e. The molecule has 1 N–H and O–H groups in total. The van der Waals surface area contributed by atoms with Gasteiger partial charge in [-0.05, 0) is 51.0 Å². The molecule has 140 valence electrons. The third kappa shape index (κ3) is 4.65. The third-order valence-corrected chi connectivity index (χ3v) is 5.33. The Bertz CT molecular complexity index is 695. The minimum absolute atomic E-state index is 0.772. The van der Waals surface area contributed by atoms with Gasteiger partial charge in [0.1, 0.15) is 5.76 Å². The minimum Gasteiger partial charge on any atom is -0.361 e. The summed E-state index contributed by atoms with van der Waals surface area (Å²) in [5, 5.41) is 7.53. The molecule has 0 unspecified atom stereocenters. The van der Waals surface area contributed by atoms with Crippen LogP contribution >= 0.6 is 0 Å². The van der Waals surface area contributed by atoms with Gasteiger partial charge in [0.2, 0.25) is 0 Å². The van der Waals surface area contributed by atoms with Crippen molar-refractivity contribution in [3.8, 4) is 0 Å². The first kappa shape index (κ1) is 18.5. The van der Waals surface area contributed by atoms with E-state index in [1.54, 1.807) is 0 Å². The molecule has 0 atom stereocenters. The van der Waals surface area contributed by atoms with E-state index in [4.69, 9.17) is 4.52 Å².